The fraction of sp³-hybridized carbons (Fsp3) is 0.536. The maximum absolute atomic E-state index is 14.3. The number of benzene rings is 1. The van der Waals surface area contributed by atoms with Gasteiger partial charge in [0.15, 0.2) is 0 Å². The number of nitrogens with zero attached hydrogens (tertiary/aromatic N) is 5. The van der Waals surface area contributed by atoms with Gasteiger partial charge in [0, 0.05) is 25.4 Å². The summed E-state index contributed by atoms with van der Waals surface area (Å²) in [6.45, 7) is 5.25. The predicted octanol–water partition coefficient (Wildman–Crippen LogP) is 2.64. The fourth-order valence-corrected chi connectivity index (χ4v) is 4.33. The zero-order chi connectivity index (χ0) is 30.1. The first-order valence-electron chi connectivity index (χ1n) is 13.4. The number of nitriles is 1. The van der Waals surface area contributed by atoms with Gasteiger partial charge in [0.2, 0.25) is 0 Å². The standard InChI is InChI=1S/C28H36FN5O7/c1-18(2)41-31-19(3)22-16-33(17-25(40-14-8-12-30)21-15-20(29)10-11-23(21)38-5)28(37)34(26(22)35)32(4)27(36)24-9-6-7-13-39-24/h10-11,15-16,18,24-25H,6-9,13-14,17H2,1-5H3/b31-19+. The van der Waals surface area contributed by atoms with Crippen LogP contribution in [0.15, 0.2) is 39.1 Å². The summed E-state index contributed by atoms with van der Waals surface area (Å²) < 4.78 is 33.1. The molecule has 1 aliphatic rings. The van der Waals surface area contributed by atoms with E-state index in [1.165, 1.54) is 43.1 Å². The van der Waals surface area contributed by atoms with E-state index >= 15 is 0 Å². The molecular formula is C28H36FN5O7. The van der Waals surface area contributed by atoms with Crippen LogP contribution in [-0.2, 0) is 25.7 Å². The second kappa shape index (κ2) is 14.6. The van der Waals surface area contributed by atoms with Crippen molar-refractivity contribution < 1.29 is 28.2 Å². The number of amides is 1. The van der Waals surface area contributed by atoms with Gasteiger partial charge in [-0.25, -0.2) is 14.2 Å². The van der Waals surface area contributed by atoms with Crippen molar-refractivity contribution >= 4 is 11.6 Å². The molecule has 0 bridgehead atoms. The van der Waals surface area contributed by atoms with E-state index < -0.39 is 35.2 Å². The van der Waals surface area contributed by atoms with Crippen LogP contribution in [0.2, 0.25) is 0 Å². The normalized spacial score (nSPS) is 16.2. The molecule has 0 radical (unpaired) electrons. The number of methoxy groups -OCH3 is 1. The number of likely N-dealkylation sites (N-methyl/N-ethyl adjacent to an activating group) is 1. The van der Waals surface area contributed by atoms with Crippen LogP contribution in [0.25, 0.3) is 0 Å². The van der Waals surface area contributed by atoms with Crippen molar-refractivity contribution in [3.63, 3.8) is 0 Å². The summed E-state index contributed by atoms with van der Waals surface area (Å²) in [5, 5.41) is 14.0. The van der Waals surface area contributed by atoms with E-state index in [4.69, 9.17) is 24.3 Å². The maximum atomic E-state index is 14.3. The lowest BCUT2D eigenvalue weighted by molar-refractivity contribution is -0.134. The molecule has 0 aliphatic carbocycles. The largest absolute Gasteiger partial charge is 0.496 e. The minimum atomic E-state index is -0.961. The highest BCUT2D eigenvalue weighted by atomic mass is 19.1. The zero-order valence-electron chi connectivity index (χ0n) is 24.0. The minimum Gasteiger partial charge on any atom is -0.496 e. The summed E-state index contributed by atoms with van der Waals surface area (Å²) in [5.41, 5.74) is -1.16. The van der Waals surface area contributed by atoms with Crippen LogP contribution in [0.1, 0.15) is 63.7 Å². The van der Waals surface area contributed by atoms with E-state index in [1.807, 2.05) is 6.07 Å². The van der Waals surface area contributed by atoms with E-state index in [-0.39, 0.29) is 37.0 Å². The molecule has 12 nitrogen and oxygen atoms in total. The van der Waals surface area contributed by atoms with Crippen LogP contribution in [0.5, 0.6) is 5.75 Å². The van der Waals surface area contributed by atoms with Gasteiger partial charge in [0.25, 0.3) is 11.5 Å². The Balaban J connectivity index is 2.17. The third-order valence-corrected chi connectivity index (χ3v) is 6.43. The summed E-state index contributed by atoms with van der Waals surface area (Å²) in [4.78, 5) is 46.0. The molecule has 3 rings (SSSR count). The first-order chi connectivity index (χ1) is 19.6. The Labute approximate surface area is 237 Å². The van der Waals surface area contributed by atoms with Gasteiger partial charge in [0.1, 0.15) is 29.9 Å². The van der Waals surface area contributed by atoms with Crippen molar-refractivity contribution in [2.75, 3.05) is 32.4 Å². The van der Waals surface area contributed by atoms with Crippen LogP contribution in [0, 0.1) is 17.1 Å². The SMILES string of the molecule is COc1ccc(F)cc1C(Cn1cc(/C(C)=N/OC(C)C)c(=O)n(N(C)C(=O)C2CCCCO2)c1=O)OCCC#N. The summed E-state index contributed by atoms with van der Waals surface area (Å²) in [5.74, 6) is -0.798. The molecule has 0 saturated carbocycles. The van der Waals surface area contributed by atoms with E-state index in [0.717, 1.165) is 22.5 Å². The number of halogens is 1. The van der Waals surface area contributed by atoms with E-state index in [9.17, 15) is 18.8 Å². The lowest BCUT2D eigenvalue weighted by atomic mass is 10.1. The van der Waals surface area contributed by atoms with E-state index in [2.05, 4.69) is 5.16 Å². The Hall–Kier alpha value is -4.02. The van der Waals surface area contributed by atoms with Gasteiger partial charge < -0.3 is 19.0 Å². The Morgan fingerprint density at radius 3 is 2.71 bits per heavy atom. The van der Waals surface area contributed by atoms with Crippen LogP contribution in [0.4, 0.5) is 4.39 Å². The lowest BCUT2D eigenvalue weighted by Crippen LogP contribution is -2.57. The monoisotopic (exact) mass is 573 g/mol. The molecule has 0 spiro atoms. The maximum Gasteiger partial charge on any atom is 0.350 e. The predicted molar refractivity (Wildman–Crippen MR) is 148 cm³/mol. The van der Waals surface area contributed by atoms with Crippen molar-refractivity contribution in [1.29, 1.82) is 5.26 Å². The molecule has 13 heteroatoms. The number of carbonyl (C=O) groups excluding carboxylic acids is 1. The lowest BCUT2D eigenvalue weighted by Gasteiger charge is -2.28. The third-order valence-electron chi connectivity index (χ3n) is 6.43. The first kappa shape index (κ1) is 31.5. The molecule has 1 aliphatic heterocycles. The topological polar surface area (TPSA) is 137 Å². The van der Waals surface area contributed by atoms with Crippen LogP contribution in [0.3, 0.4) is 0 Å². The number of hydrogen-bond acceptors (Lipinski definition) is 9. The van der Waals surface area contributed by atoms with Gasteiger partial charge in [-0.2, -0.15) is 9.94 Å². The van der Waals surface area contributed by atoms with Crippen molar-refractivity contribution in [3.05, 3.63) is 62.2 Å². The van der Waals surface area contributed by atoms with Gasteiger partial charge in [-0.05, 0) is 58.2 Å². The van der Waals surface area contributed by atoms with E-state index in [1.54, 1.807) is 20.8 Å². The van der Waals surface area contributed by atoms with Gasteiger partial charge in [0.05, 0.1) is 44.0 Å². The highest BCUT2D eigenvalue weighted by Gasteiger charge is 2.29. The van der Waals surface area contributed by atoms with Crippen molar-refractivity contribution in [3.8, 4) is 11.8 Å². The summed E-state index contributed by atoms with van der Waals surface area (Å²) in [7, 11) is 2.74. The Kier molecular flexibility index (Phi) is 11.2. The number of carbonyl (C=O) groups is 1. The van der Waals surface area contributed by atoms with Crippen molar-refractivity contribution in [2.24, 2.45) is 5.16 Å². The van der Waals surface area contributed by atoms with E-state index in [0.29, 0.717) is 24.3 Å². The van der Waals surface area contributed by atoms with Crippen molar-refractivity contribution in [1.82, 2.24) is 9.24 Å². The molecule has 1 saturated heterocycles. The average Bonchev–Trinajstić information content (AvgIpc) is 2.96. The summed E-state index contributed by atoms with van der Waals surface area (Å²) >= 11 is 0. The zero-order valence-corrected chi connectivity index (χ0v) is 24.0. The molecule has 222 valence electrons. The smallest absolute Gasteiger partial charge is 0.350 e. The molecule has 1 amide bonds. The molecule has 2 heterocycles. The Bertz CT molecular complexity index is 1410. The van der Waals surface area contributed by atoms with Gasteiger partial charge in [-0.3, -0.25) is 14.2 Å². The molecule has 1 aromatic carbocycles. The van der Waals surface area contributed by atoms with Crippen LogP contribution < -0.4 is 21.0 Å². The Morgan fingerprint density at radius 1 is 1.32 bits per heavy atom. The molecule has 1 aromatic heterocycles. The number of oxime groups is 1. The highest BCUT2D eigenvalue weighted by molar-refractivity contribution is 5.98. The molecule has 2 unspecified atom stereocenters. The molecular weight excluding hydrogens is 537 g/mol. The fourth-order valence-electron chi connectivity index (χ4n) is 4.33. The van der Waals surface area contributed by atoms with Gasteiger partial charge in [-0.15, -0.1) is 0 Å². The average molecular weight is 574 g/mol. The third kappa shape index (κ3) is 7.80. The summed E-state index contributed by atoms with van der Waals surface area (Å²) in [6.07, 6.45) is 1.37. The molecule has 41 heavy (non-hydrogen) atoms. The number of aromatic nitrogens is 2. The summed E-state index contributed by atoms with van der Waals surface area (Å²) in [6, 6.07) is 5.85. The minimum absolute atomic E-state index is 0.00329. The molecule has 1 fully saturated rings. The second-order valence-electron chi connectivity index (χ2n) is 9.80. The van der Waals surface area contributed by atoms with Crippen LogP contribution in [-0.4, -0.2) is 60.4 Å². The Morgan fingerprint density at radius 2 is 2.07 bits per heavy atom. The van der Waals surface area contributed by atoms with Crippen molar-refractivity contribution in [2.45, 2.75) is 71.3 Å². The van der Waals surface area contributed by atoms with Gasteiger partial charge >= 0.3 is 5.69 Å². The number of ether oxygens (including phenoxy) is 3. The molecule has 2 atom stereocenters. The highest BCUT2D eigenvalue weighted by Crippen LogP contribution is 2.30. The second-order valence-corrected chi connectivity index (χ2v) is 9.80. The van der Waals surface area contributed by atoms with Gasteiger partial charge in [-0.1, -0.05) is 5.16 Å². The molecule has 0 N–H and O–H groups in total. The first-order valence-corrected chi connectivity index (χ1v) is 13.4. The quantitative estimate of drug-likeness (QED) is 0.215. The molecule has 2 aromatic rings. The number of hydrogen-bond donors (Lipinski definition) is 0. The van der Waals surface area contributed by atoms with Crippen LogP contribution >= 0.6 is 0 Å². The number of rotatable bonds is 12.